The Labute approximate surface area is 116 Å². The first kappa shape index (κ1) is 15.6. The van der Waals surface area contributed by atoms with E-state index in [1.54, 1.807) is 0 Å². The second kappa shape index (κ2) is 6.16. The molecule has 0 aliphatic rings. The van der Waals surface area contributed by atoms with E-state index in [9.17, 15) is 0 Å². The number of nitrogens with one attached hydrogen (secondary N) is 1. The maximum atomic E-state index is 4.74. The van der Waals surface area contributed by atoms with Crippen molar-refractivity contribution >= 4 is 11.3 Å². The maximum Gasteiger partial charge on any atom is 0.0985 e. The summed E-state index contributed by atoms with van der Waals surface area (Å²) in [6, 6.07) is 1.02. The number of hydrogen-bond acceptors (Lipinski definition) is 3. The summed E-state index contributed by atoms with van der Waals surface area (Å²) < 4.78 is 0. The second-order valence-electron chi connectivity index (χ2n) is 6.12. The number of nitrogens with zero attached hydrogens (tertiary/aromatic N) is 1. The van der Waals surface area contributed by atoms with Gasteiger partial charge in [0.15, 0.2) is 0 Å². The van der Waals surface area contributed by atoms with Crippen LogP contribution in [0, 0.1) is 6.92 Å². The van der Waals surface area contributed by atoms with Crippen molar-refractivity contribution in [2.45, 2.75) is 78.8 Å². The van der Waals surface area contributed by atoms with E-state index in [-0.39, 0.29) is 5.41 Å². The summed E-state index contributed by atoms with van der Waals surface area (Å²) in [4.78, 5) is 6.14. The Morgan fingerprint density at radius 2 is 1.78 bits per heavy atom. The topological polar surface area (TPSA) is 24.9 Å². The Hall–Kier alpha value is -0.410. The molecule has 0 aliphatic carbocycles. The lowest BCUT2D eigenvalue weighted by atomic mass is 9.98. The molecule has 1 atom stereocenters. The standard InChI is InChI=1S/C15H28N2S/c1-8-12(9-2)16-10(3)13-11(4)17-14(18-13)15(5,6)7/h10,12,16H,8-9H2,1-7H3. The Morgan fingerprint density at radius 3 is 2.17 bits per heavy atom. The van der Waals surface area contributed by atoms with Gasteiger partial charge in [0.2, 0.25) is 0 Å². The first-order chi connectivity index (χ1) is 8.29. The molecule has 0 aromatic carbocycles. The molecule has 3 heteroatoms. The Balaban J connectivity index is 2.86. The van der Waals surface area contributed by atoms with E-state index >= 15 is 0 Å². The lowest BCUT2D eigenvalue weighted by Gasteiger charge is -2.20. The molecule has 0 saturated heterocycles. The molecule has 0 amide bonds. The molecule has 0 fully saturated rings. The molecule has 1 unspecified atom stereocenters. The van der Waals surface area contributed by atoms with Crippen molar-refractivity contribution in [3.63, 3.8) is 0 Å². The smallest absolute Gasteiger partial charge is 0.0985 e. The van der Waals surface area contributed by atoms with Crippen LogP contribution in [0.4, 0.5) is 0 Å². The predicted molar refractivity (Wildman–Crippen MR) is 81.5 cm³/mol. The van der Waals surface area contributed by atoms with Gasteiger partial charge in [-0.1, -0.05) is 34.6 Å². The zero-order valence-electron chi connectivity index (χ0n) is 12.9. The van der Waals surface area contributed by atoms with Gasteiger partial charge in [0, 0.05) is 22.4 Å². The van der Waals surface area contributed by atoms with Gasteiger partial charge >= 0.3 is 0 Å². The highest BCUT2D eigenvalue weighted by Crippen LogP contribution is 2.32. The molecule has 18 heavy (non-hydrogen) atoms. The van der Waals surface area contributed by atoms with E-state index in [2.05, 4.69) is 53.8 Å². The molecule has 0 aliphatic heterocycles. The van der Waals surface area contributed by atoms with Crippen molar-refractivity contribution in [1.82, 2.24) is 10.3 Å². The first-order valence-corrected chi connectivity index (χ1v) is 7.85. The van der Waals surface area contributed by atoms with E-state index in [0.717, 1.165) is 0 Å². The quantitative estimate of drug-likeness (QED) is 0.845. The van der Waals surface area contributed by atoms with E-state index in [1.807, 2.05) is 11.3 Å². The van der Waals surface area contributed by atoms with Crippen molar-refractivity contribution in [3.8, 4) is 0 Å². The van der Waals surface area contributed by atoms with Crippen LogP contribution < -0.4 is 5.32 Å². The number of aromatic nitrogens is 1. The van der Waals surface area contributed by atoms with Crippen molar-refractivity contribution < 1.29 is 0 Å². The summed E-state index contributed by atoms with van der Waals surface area (Å²) in [6.45, 7) is 15.6. The molecule has 1 rings (SSSR count). The number of hydrogen-bond donors (Lipinski definition) is 1. The molecule has 1 heterocycles. The maximum absolute atomic E-state index is 4.74. The third-order valence-corrected chi connectivity index (χ3v) is 5.10. The van der Waals surface area contributed by atoms with E-state index in [0.29, 0.717) is 12.1 Å². The summed E-state index contributed by atoms with van der Waals surface area (Å²) in [5.41, 5.74) is 1.35. The summed E-state index contributed by atoms with van der Waals surface area (Å²) in [7, 11) is 0. The van der Waals surface area contributed by atoms with Crippen LogP contribution in [0.5, 0.6) is 0 Å². The summed E-state index contributed by atoms with van der Waals surface area (Å²) >= 11 is 1.86. The first-order valence-electron chi connectivity index (χ1n) is 7.03. The van der Waals surface area contributed by atoms with Crippen molar-refractivity contribution in [3.05, 3.63) is 15.6 Å². The third kappa shape index (κ3) is 3.79. The van der Waals surface area contributed by atoms with Crippen molar-refractivity contribution in [2.24, 2.45) is 0 Å². The van der Waals surface area contributed by atoms with Crippen LogP contribution in [0.3, 0.4) is 0 Å². The average Bonchev–Trinajstić information content (AvgIpc) is 2.67. The highest BCUT2D eigenvalue weighted by atomic mass is 32.1. The lowest BCUT2D eigenvalue weighted by molar-refractivity contribution is 0.435. The zero-order chi connectivity index (χ0) is 13.9. The van der Waals surface area contributed by atoms with Gasteiger partial charge in [-0.2, -0.15) is 0 Å². The van der Waals surface area contributed by atoms with Gasteiger partial charge in [-0.3, -0.25) is 0 Å². The number of thiazole rings is 1. The molecule has 1 aromatic heterocycles. The lowest BCUT2D eigenvalue weighted by Crippen LogP contribution is -2.30. The molecule has 1 aromatic rings. The zero-order valence-corrected chi connectivity index (χ0v) is 13.7. The monoisotopic (exact) mass is 268 g/mol. The van der Waals surface area contributed by atoms with Crippen LogP contribution in [0.2, 0.25) is 0 Å². The Bertz CT molecular complexity index is 372. The predicted octanol–water partition coefficient (Wildman–Crippen LogP) is 4.59. The van der Waals surface area contributed by atoms with E-state index in [1.165, 1.54) is 28.4 Å². The highest BCUT2D eigenvalue weighted by Gasteiger charge is 2.22. The summed E-state index contributed by atoms with van der Waals surface area (Å²) in [5, 5.41) is 4.95. The van der Waals surface area contributed by atoms with Crippen molar-refractivity contribution in [1.29, 1.82) is 0 Å². The molecule has 0 spiro atoms. The fourth-order valence-electron chi connectivity index (χ4n) is 2.08. The molecule has 0 bridgehead atoms. The minimum atomic E-state index is 0.155. The van der Waals surface area contributed by atoms with Crippen LogP contribution in [-0.2, 0) is 5.41 Å². The average molecular weight is 268 g/mol. The molecule has 0 radical (unpaired) electrons. The minimum Gasteiger partial charge on any atom is -0.307 e. The molecule has 0 saturated carbocycles. The van der Waals surface area contributed by atoms with Gasteiger partial charge in [0.25, 0.3) is 0 Å². The van der Waals surface area contributed by atoms with E-state index < -0.39 is 0 Å². The van der Waals surface area contributed by atoms with Gasteiger partial charge in [-0.05, 0) is 26.7 Å². The van der Waals surface area contributed by atoms with Gasteiger partial charge in [0.05, 0.1) is 10.7 Å². The van der Waals surface area contributed by atoms with Crippen LogP contribution in [0.25, 0.3) is 0 Å². The summed E-state index contributed by atoms with van der Waals surface area (Å²) in [5.74, 6) is 0. The van der Waals surface area contributed by atoms with Gasteiger partial charge in [-0.25, -0.2) is 4.98 Å². The summed E-state index contributed by atoms with van der Waals surface area (Å²) in [6.07, 6.45) is 2.37. The minimum absolute atomic E-state index is 0.155. The largest absolute Gasteiger partial charge is 0.307 e. The van der Waals surface area contributed by atoms with Crippen LogP contribution >= 0.6 is 11.3 Å². The number of aryl methyl sites for hydroxylation is 1. The molecule has 1 N–H and O–H groups in total. The third-order valence-electron chi connectivity index (χ3n) is 3.34. The fourth-order valence-corrected chi connectivity index (χ4v) is 3.22. The Morgan fingerprint density at radius 1 is 1.22 bits per heavy atom. The molecular formula is C15H28N2S. The van der Waals surface area contributed by atoms with Gasteiger partial charge in [0.1, 0.15) is 0 Å². The van der Waals surface area contributed by atoms with E-state index in [4.69, 9.17) is 4.98 Å². The second-order valence-corrected chi connectivity index (χ2v) is 7.15. The van der Waals surface area contributed by atoms with Crippen molar-refractivity contribution in [2.75, 3.05) is 0 Å². The van der Waals surface area contributed by atoms with Crippen LogP contribution in [0.1, 0.15) is 76.0 Å². The molecule has 2 nitrogen and oxygen atoms in total. The highest BCUT2D eigenvalue weighted by molar-refractivity contribution is 7.12. The fraction of sp³-hybridized carbons (Fsp3) is 0.800. The SMILES string of the molecule is CCC(CC)NC(C)c1sc(C(C)(C)C)nc1C. The normalized spacial score (nSPS) is 14.2. The van der Waals surface area contributed by atoms with Crippen LogP contribution in [0.15, 0.2) is 0 Å². The van der Waals surface area contributed by atoms with Gasteiger partial charge in [-0.15, -0.1) is 11.3 Å². The Kier molecular flexibility index (Phi) is 5.35. The molecular weight excluding hydrogens is 240 g/mol. The number of rotatable bonds is 5. The van der Waals surface area contributed by atoms with Crippen LogP contribution in [-0.4, -0.2) is 11.0 Å². The van der Waals surface area contributed by atoms with Gasteiger partial charge < -0.3 is 5.32 Å². The molecule has 104 valence electrons.